The molecule has 5 heteroatoms. The summed E-state index contributed by atoms with van der Waals surface area (Å²) in [5, 5.41) is -1.34. The van der Waals surface area contributed by atoms with Crippen LogP contribution >= 0.6 is 31.9 Å². The molecule has 0 saturated carbocycles. The number of unbranched alkanes of at least 4 members (excludes halogenated alkanes) is 5. The third-order valence-electron chi connectivity index (χ3n) is 4.45. The van der Waals surface area contributed by atoms with Crippen molar-refractivity contribution in [2.45, 2.75) is 74.7 Å². The Hall–Kier alpha value is 0.257. The van der Waals surface area contributed by atoms with Crippen LogP contribution < -0.4 is 5.19 Å². The molecule has 0 spiro atoms. The van der Waals surface area contributed by atoms with Gasteiger partial charge in [0.05, 0.1) is 8.07 Å². The molecule has 2 atom stereocenters. The molecular formula is C18H28Br2F2Si. The van der Waals surface area contributed by atoms with Crippen molar-refractivity contribution in [1.29, 1.82) is 0 Å². The highest BCUT2D eigenvalue weighted by atomic mass is 79.9. The van der Waals surface area contributed by atoms with Crippen molar-refractivity contribution in [3.05, 3.63) is 29.3 Å². The van der Waals surface area contributed by atoms with Crippen LogP contribution in [0.25, 0.3) is 0 Å². The van der Waals surface area contributed by atoms with Gasteiger partial charge < -0.3 is 0 Å². The molecule has 0 bridgehead atoms. The molecule has 0 radical (unpaired) electrons. The van der Waals surface area contributed by atoms with E-state index in [9.17, 15) is 8.78 Å². The molecule has 1 aromatic rings. The SMILES string of the molecule is CCCCCCCC[Si](C)(C)c1cc(C(F)Br)ccc1C(F)Br. The standard InChI is InChI=1S/C18H28Br2F2Si/c1-4-5-6-7-8-9-12-23(2,3)16-13-14(17(19)21)10-11-15(16)18(20)22/h10-11,13,17-18H,4-9,12H2,1-3H3. The molecule has 0 aliphatic rings. The Labute approximate surface area is 157 Å². The van der Waals surface area contributed by atoms with Gasteiger partial charge in [-0.25, -0.2) is 8.78 Å². The Morgan fingerprint density at radius 3 is 2.13 bits per heavy atom. The summed E-state index contributed by atoms with van der Waals surface area (Å²) in [6.07, 6.45) is 7.57. The first-order valence-corrected chi connectivity index (χ1v) is 13.5. The van der Waals surface area contributed by atoms with Crippen LogP contribution in [0.1, 0.15) is 66.7 Å². The molecule has 0 heterocycles. The Kier molecular flexibility index (Phi) is 9.53. The average Bonchev–Trinajstić information content (AvgIpc) is 2.50. The minimum Gasteiger partial charge on any atom is -0.230 e. The van der Waals surface area contributed by atoms with E-state index < -0.39 is 18.2 Å². The molecule has 1 rings (SSSR count). The summed E-state index contributed by atoms with van der Waals surface area (Å²) in [6.45, 7) is 6.75. The van der Waals surface area contributed by atoms with Crippen LogP contribution in [0.4, 0.5) is 8.78 Å². The monoisotopic (exact) mass is 468 g/mol. The Bertz CT molecular complexity index is 476. The van der Waals surface area contributed by atoms with Crippen LogP contribution in [0.3, 0.4) is 0 Å². The van der Waals surface area contributed by atoms with Gasteiger partial charge in [-0.3, -0.25) is 0 Å². The van der Waals surface area contributed by atoms with Crippen LogP contribution in [0, 0.1) is 0 Å². The lowest BCUT2D eigenvalue weighted by atomic mass is 10.1. The zero-order chi connectivity index (χ0) is 17.5. The van der Waals surface area contributed by atoms with Crippen molar-refractivity contribution < 1.29 is 8.78 Å². The predicted molar refractivity (Wildman–Crippen MR) is 107 cm³/mol. The van der Waals surface area contributed by atoms with E-state index in [2.05, 4.69) is 51.9 Å². The molecule has 0 fully saturated rings. The second-order valence-electron chi connectivity index (χ2n) is 6.85. The molecule has 132 valence electrons. The minimum atomic E-state index is -1.79. The van der Waals surface area contributed by atoms with Gasteiger partial charge in [0.2, 0.25) is 0 Å². The molecular weight excluding hydrogens is 442 g/mol. The van der Waals surface area contributed by atoms with Crippen LogP contribution in [0.15, 0.2) is 18.2 Å². The summed E-state index contributed by atoms with van der Waals surface area (Å²) in [4.78, 5) is 0. The van der Waals surface area contributed by atoms with Gasteiger partial charge in [-0.2, -0.15) is 0 Å². The largest absolute Gasteiger partial charge is 0.230 e. The number of rotatable bonds is 10. The molecule has 0 aliphatic heterocycles. The van der Waals surface area contributed by atoms with E-state index in [1.54, 1.807) is 12.1 Å². The van der Waals surface area contributed by atoms with Crippen molar-refractivity contribution in [2.75, 3.05) is 0 Å². The first-order chi connectivity index (χ1) is 10.8. The fourth-order valence-electron chi connectivity index (χ4n) is 2.97. The molecule has 23 heavy (non-hydrogen) atoms. The van der Waals surface area contributed by atoms with Crippen molar-refractivity contribution >= 4 is 45.1 Å². The molecule has 0 N–H and O–H groups in total. The second kappa shape index (κ2) is 10.3. The molecule has 0 aromatic heterocycles. The number of halogens is 4. The van der Waals surface area contributed by atoms with Gasteiger partial charge in [-0.05, 0) is 43.0 Å². The normalized spacial score (nSPS) is 14.7. The summed E-state index contributed by atoms with van der Waals surface area (Å²) < 4.78 is 27.5. The minimum absolute atomic E-state index is 0.584. The number of hydrogen-bond donors (Lipinski definition) is 0. The topological polar surface area (TPSA) is 0 Å². The van der Waals surface area contributed by atoms with E-state index in [0.29, 0.717) is 11.1 Å². The second-order valence-corrected chi connectivity index (χ2v) is 13.3. The van der Waals surface area contributed by atoms with Gasteiger partial charge in [0.25, 0.3) is 0 Å². The van der Waals surface area contributed by atoms with Gasteiger partial charge in [0.1, 0.15) is 0 Å². The number of hydrogen-bond acceptors (Lipinski definition) is 0. The van der Waals surface area contributed by atoms with E-state index >= 15 is 0 Å². The summed E-state index contributed by atoms with van der Waals surface area (Å²) >= 11 is 6.02. The molecule has 2 unspecified atom stereocenters. The Balaban J connectivity index is 2.81. The zero-order valence-corrected chi connectivity index (χ0v) is 18.5. The Morgan fingerprint density at radius 1 is 0.957 bits per heavy atom. The van der Waals surface area contributed by atoms with Gasteiger partial charge in [-0.1, -0.05) is 88.0 Å². The van der Waals surface area contributed by atoms with Crippen LogP contribution in [0.2, 0.25) is 19.1 Å². The lowest BCUT2D eigenvalue weighted by Crippen LogP contribution is -2.43. The zero-order valence-electron chi connectivity index (χ0n) is 14.3. The molecule has 0 nitrogen and oxygen atoms in total. The summed E-state index contributed by atoms with van der Waals surface area (Å²) in [5.41, 5.74) is 1.25. The van der Waals surface area contributed by atoms with Crippen molar-refractivity contribution in [3.63, 3.8) is 0 Å². The summed E-state index contributed by atoms with van der Waals surface area (Å²) in [6, 6.07) is 6.38. The van der Waals surface area contributed by atoms with Gasteiger partial charge in [0, 0.05) is 0 Å². The fourth-order valence-corrected chi connectivity index (χ4v) is 6.82. The lowest BCUT2D eigenvalue weighted by molar-refractivity contribution is 0.474. The summed E-state index contributed by atoms with van der Waals surface area (Å²) in [7, 11) is -1.79. The van der Waals surface area contributed by atoms with Crippen molar-refractivity contribution in [2.24, 2.45) is 0 Å². The maximum atomic E-state index is 13.9. The van der Waals surface area contributed by atoms with Crippen molar-refractivity contribution in [1.82, 2.24) is 0 Å². The highest BCUT2D eigenvalue weighted by Crippen LogP contribution is 2.30. The molecule has 1 aromatic carbocycles. The van der Waals surface area contributed by atoms with E-state index in [1.165, 1.54) is 38.5 Å². The predicted octanol–water partition coefficient (Wildman–Crippen LogP) is 7.69. The van der Waals surface area contributed by atoms with Crippen LogP contribution in [0.5, 0.6) is 0 Å². The van der Waals surface area contributed by atoms with Gasteiger partial charge in [0.15, 0.2) is 10.2 Å². The van der Waals surface area contributed by atoms with E-state index in [1.807, 2.05) is 6.07 Å². The first kappa shape index (κ1) is 21.3. The Morgan fingerprint density at radius 2 is 1.57 bits per heavy atom. The quantitative estimate of drug-likeness (QED) is 0.187. The first-order valence-electron chi connectivity index (χ1n) is 8.50. The molecule has 0 amide bonds. The van der Waals surface area contributed by atoms with E-state index in [0.717, 1.165) is 11.2 Å². The van der Waals surface area contributed by atoms with Gasteiger partial charge in [-0.15, -0.1) is 0 Å². The molecule has 0 saturated heterocycles. The highest BCUT2D eigenvalue weighted by molar-refractivity contribution is 9.09. The maximum Gasteiger partial charge on any atom is 0.180 e. The summed E-state index contributed by atoms with van der Waals surface area (Å²) in [5.74, 6) is 0. The lowest BCUT2D eigenvalue weighted by Gasteiger charge is -2.27. The molecule has 0 aliphatic carbocycles. The fraction of sp³-hybridized carbons (Fsp3) is 0.667. The maximum absolute atomic E-state index is 13.9. The van der Waals surface area contributed by atoms with Crippen LogP contribution in [-0.4, -0.2) is 8.07 Å². The van der Waals surface area contributed by atoms with Crippen LogP contribution in [-0.2, 0) is 0 Å². The highest BCUT2D eigenvalue weighted by Gasteiger charge is 2.28. The van der Waals surface area contributed by atoms with Crippen molar-refractivity contribution in [3.8, 4) is 0 Å². The average molecular weight is 470 g/mol. The third-order valence-corrected chi connectivity index (χ3v) is 8.97. The van der Waals surface area contributed by atoms with E-state index in [4.69, 9.17) is 0 Å². The number of alkyl halides is 4. The van der Waals surface area contributed by atoms with E-state index in [-0.39, 0.29) is 0 Å². The smallest absolute Gasteiger partial charge is 0.180 e. The number of benzene rings is 1. The third kappa shape index (κ3) is 6.95. The van der Waals surface area contributed by atoms with Gasteiger partial charge >= 0.3 is 0 Å².